The maximum Gasteiger partial charge on any atom is 0.352 e. The molecule has 7 heteroatoms. The standard InChI is InChI=1S/C12H9Cl2N3O2/c13-8-5-9(14)7-10(6-8)17-11(18)15-3-1-2-4-16(15)12(17)19/h1-2,5-7H,3-4H2. The first kappa shape index (κ1) is 12.3. The van der Waals surface area contributed by atoms with Gasteiger partial charge in [0.2, 0.25) is 0 Å². The highest BCUT2D eigenvalue weighted by molar-refractivity contribution is 6.34. The van der Waals surface area contributed by atoms with E-state index in [1.165, 1.54) is 21.5 Å². The number of fused-ring (bicyclic) bond motifs is 1. The molecule has 3 rings (SSSR count). The number of benzene rings is 1. The Morgan fingerprint density at radius 1 is 0.842 bits per heavy atom. The van der Waals surface area contributed by atoms with E-state index in [0.717, 1.165) is 4.57 Å². The summed E-state index contributed by atoms with van der Waals surface area (Å²) in [5.41, 5.74) is -0.415. The van der Waals surface area contributed by atoms with Gasteiger partial charge in [-0.15, -0.1) is 0 Å². The molecule has 1 aliphatic rings. The minimum atomic E-state index is -0.396. The largest absolute Gasteiger partial charge is 0.352 e. The van der Waals surface area contributed by atoms with Crippen molar-refractivity contribution >= 4 is 23.2 Å². The zero-order valence-electron chi connectivity index (χ0n) is 9.72. The van der Waals surface area contributed by atoms with Gasteiger partial charge in [0.05, 0.1) is 18.8 Å². The van der Waals surface area contributed by atoms with Crippen molar-refractivity contribution in [2.45, 2.75) is 13.1 Å². The number of hydrogen-bond acceptors (Lipinski definition) is 2. The molecular weight excluding hydrogens is 289 g/mol. The average molecular weight is 298 g/mol. The Bertz CT molecular complexity index is 739. The number of aromatic nitrogens is 3. The van der Waals surface area contributed by atoms with Gasteiger partial charge in [0, 0.05) is 10.0 Å². The molecule has 0 fully saturated rings. The summed E-state index contributed by atoms with van der Waals surface area (Å²) in [5, 5.41) is 0.752. The van der Waals surface area contributed by atoms with E-state index in [4.69, 9.17) is 23.2 Å². The molecule has 0 amide bonds. The Balaban J connectivity index is 2.30. The highest BCUT2D eigenvalue weighted by atomic mass is 35.5. The van der Waals surface area contributed by atoms with Crippen molar-refractivity contribution in [3.05, 3.63) is 61.4 Å². The van der Waals surface area contributed by atoms with E-state index in [9.17, 15) is 9.59 Å². The third kappa shape index (κ3) is 1.95. The third-order valence-corrected chi connectivity index (χ3v) is 3.38. The molecule has 1 aliphatic heterocycles. The minimum absolute atomic E-state index is 0.376. The second kappa shape index (κ2) is 4.43. The van der Waals surface area contributed by atoms with E-state index >= 15 is 0 Å². The van der Waals surface area contributed by atoms with E-state index in [1.54, 1.807) is 6.07 Å². The van der Waals surface area contributed by atoms with Crippen molar-refractivity contribution in [3.63, 3.8) is 0 Å². The molecule has 19 heavy (non-hydrogen) atoms. The lowest BCUT2D eigenvalue weighted by atomic mass is 10.3. The van der Waals surface area contributed by atoms with E-state index < -0.39 is 11.4 Å². The third-order valence-electron chi connectivity index (χ3n) is 2.94. The molecule has 0 saturated carbocycles. The molecule has 2 aromatic rings. The van der Waals surface area contributed by atoms with Gasteiger partial charge in [-0.25, -0.2) is 23.5 Å². The molecule has 98 valence electrons. The minimum Gasteiger partial charge on any atom is -0.245 e. The van der Waals surface area contributed by atoms with Crippen LogP contribution in [0.5, 0.6) is 0 Å². The number of allylic oxidation sites excluding steroid dienone is 2. The molecule has 0 N–H and O–H groups in total. The van der Waals surface area contributed by atoms with Crippen molar-refractivity contribution < 1.29 is 0 Å². The van der Waals surface area contributed by atoms with Crippen LogP contribution in [-0.4, -0.2) is 13.9 Å². The van der Waals surface area contributed by atoms with E-state index in [0.29, 0.717) is 28.8 Å². The predicted molar refractivity (Wildman–Crippen MR) is 73.4 cm³/mol. The second-order valence-corrected chi connectivity index (χ2v) is 5.04. The molecule has 1 aromatic heterocycles. The first-order chi connectivity index (χ1) is 9.08. The van der Waals surface area contributed by atoms with Gasteiger partial charge >= 0.3 is 11.4 Å². The molecule has 0 saturated heterocycles. The highest BCUT2D eigenvalue weighted by Crippen LogP contribution is 2.20. The van der Waals surface area contributed by atoms with Gasteiger partial charge in [-0.1, -0.05) is 35.4 Å². The van der Waals surface area contributed by atoms with E-state index in [1.807, 2.05) is 12.2 Å². The van der Waals surface area contributed by atoms with Crippen LogP contribution >= 0.6 is 23.2 Å². The van der Waals surface area contributed by atoms with Gasteiger partial charge in [-0.2, -0.15) is 0 Å². The normalized spacial score (nSPS) is 13.6. The van der Waals surface area contributed by atoms with Crippen LogP contribution in [0.1, 0.15) is 0 Å². The fraction of sp³-hybridized carbons (Fsp3) is 0.167. The van der Waals surface area contributed by atoms with Gasteiger partial charge < -0.3 is 0 Å². The van der Waals surface area contributed by atoms with E-state index in [2.05, 4.69) is 0 Å². The summed E-state index contributed by atoms with van der Waals surface area (Å²) in [4.78, 5) is 24.5. The molecule has 0 radical (unpaired) electrons. The molecule has 1 aromatic carbocycles. The Morgan fingerprint density at radius 3 is 1.79 bits per heavy atom. The Morgan fingerprint density at radius 2 is 1.32 bits per heavy atom. The van der Waals surface area contributed by atoms with Crippen molar-refractivity contribution in [3.8, 4) is 5.69 Å². The smallest absolute Gasteiger partial charge is 0.245 e. The topological polar surface area (TPSA) is 48.9 Å². The van der Waals surface area contributed by atoms with Crippen LogP contribution in [0.2, 0.25) is 10.0 Å². The first-order valence-electron chi connectivity index (χ1n) is 5.62. The summed E-state index contributed by atoms with van der Waals surface area (Å²) in [6.45, 7) is 0.769. The number of rotatable bonds is 1. The maximum atomic E-state index is 12.2. The molecule has 0 spiro atoms. The van der Waals surface area contributed by atoms with Crippen LogP contribution in [-0.2, 0) is 13.1 Å². The molecule has 0 unspecified atom stereocenters. The lowest BCUT2D eigenvalue weighted by Crippen LogP contribution is -2.28. The molecule has 0 bridgehead atoms. The number of nitrogens with zero attached hydrogens (tertiary/aromatic N) is 3. The van der Waals surface area contributed by atoms with Crippen molar-refractivity contribution in [2.24, 2.45) is 0 Å². The molecule has 0 aliphatic carbocycles. The Labute approximate surface area is 117 Å². The highest BCUT2D eigenvalue weighted by Gasteiger charge is 2.17. The van der Waals surface area contributed by atoms with Crippen LogP contribution < -0.4 is 11.4 Å². The molecule has 0 atom stereocenters. The summed E-state index contributed by atoms with van der Waals surface area (Å²) < 4.78 is 3.85. The fourth-order valence-electron chi connectivity index (χ4n) is 2.11. The van der Waals surface area contributed by atoms with Crippen LogP contribution in [0.15, 0.2) is 39.9 Å². The summed E-state index contributed by atoms with van der Waals surface area (Å²) >= 11 is 11.8. The average Bonchev–Trinajstić information content (AvgIpc) is 2.61. The quantitative estimate of drug-likeness (QED) is 0.752. The fourth-order valence-corrected chi connectivity index (χ4v) is 2.63. The Hall–Kier alpha value is -1.72. The van der Waals surface area contributed by atoms with Crippen molar-refractivity contribution in [1.82, 2.24) is 13.9 Å². The van der Waals surface area contributed by atoms with Gasteiger partial charge in [-0.3, -0.25) is 0 Å². The summed E-state index contributed by atoms with van der Waals surface area (Å²) in [7, 11) is 0. The molecular formula is C12H9Cl2N3O2. The SMILES string of the molecule is O=c1n(-c2cc(Cl)cc(Cl)c2)c(=O)n2n1CC=CC2. The molecule has 2 heterocycles. The number of hydrogen-bond donors (Lipinski definition) is 0. The lowest BCUT2D eigenvalue weighted by Gasteiger charge is -2.08. The first-order valence-corrected chi connectivity index (χ1v) is 6.37. The predicted octanol–water partition coefficient (Wildman–Crippen LogP) is 1.68. The van der Waals surface area contributed by atoms with Crippen LogP contribution in [0.25, 0.3) is 5.69 Å². The Kier molecular flexibility index (Phi) is 2.88. The zero-order valence-corrected chi connectivity index (χ0v) is 11.2. The van der Waals surface area contributed by atoms with Gasteiger partial charge in [-0.05, 0) is 18.2 Å². The van der Waals surface area contributed by atoms with E-state index in [-0.39, 0.29) is 0 Å². The molecule has 5 nitrogen and oxygen atoms in total. The van der Waals surface area contributed by atoms with Crippen molar-refractivity contribution in [2.75, 3.05) is 0 Å². The van der Waals surface area contributed by atoms with Gasteiger partial charge in [0.25, 0.3) is 0 Å². The monoisotopic (exact) mass is 297 g/mol. The second-order valence-electron chi connectivity index (χ2n) is 4.16. The summed E-state index contributed by atoms with van der Waals surface area (Å²) in [6.07, 6.45) is 3.69. The van der Waals surface area contributed by atoms with Crippen LogP contribution in [0.3, 0.4) is 0 Å². The zero-order chi connectivity index (χ0) is 13.6. The lowest BCUT2D eigenvalue weighted by molar-refractivity contribution is 0.482. The van der Waals surface area contributed by atoms with Gasteiger partial charge in [0.15, 0.2) is 0 Å². The van der Waals surface area contributed by atoms with Gasteiger partial charge in [0.1, 0.15) is 0 Å². The van der Waals surface area contributed by atoms with Crippen LogP contribution in [0, 0.1) is 0 Å². The maximum absolute atomic E-state index is 12.2. The van der Waals surface area contributed by atoms with Crippen molar-refractivity contribution in [1.29, 1.82) is 0 Å². The summed E-state index contributed by atoms with van der Waals surface area (Å²) in [6, 6.07) is 4.62. The number of halogens is 2. The summed E-state index contributed by atoms with van der Waals surface area (Å²) in [5.74, 6) is 0. The van der Waals surface area contributed by atoms with Crippen LogP contribution in [0.4, 0.5) is 0 Å².